The van der Waals surface area contributed by atoms with Crippen molar-refractivity contribution in [1.29, 1.82) is 0 Å². The molecule has 8 aromatic rings. The predicted molar refractivity (Wildman–Crippen MR) is 224 cm³/mol. The molecule has 0 bridgehead atoms. The van der Waals surface area contributed by atoms with Gasteiger partial charge in [0, 0.05) is 23.0 Å². The normalized spacial score (nSPS) is 12.0. The van der Waals surface area contributed by atoms with Crippen LogP contribution < -0.4 is 4.90 Å². The van der Waals surface area contributed by atoms with E-state index in [-0.39, 0.29) is 0 Å². The van der Waals surface area contributed by atoms with Crippen LogP contribution in [0.2, 0.25) is 0 Å². The minimum absolute atomic E-state index is 0.378. The van der Waals surface area contributed by atoms with Gasteiger partial charge in [0.15, 0.2) is 0 Å². The van der Waals surface area contributed by atoms with Crippen LogP contribution in [0.5, 0.6) is 0 Å². The number of anilines is 3. The fourth-order valence-corrected chi connectivity index (χ4v) is 8.27. The molecule has 1 heteroatoms. The predicted octanol–water partition coefficient (Wildman–Crippen LogP) is 14.1. The van der Waals surface area contributed by atoms with Crippen molar-refractivity contribution in [2.45, 2.75) is 26.2 Å². The number of rotatable bonds is 8. The third kappa shape index (κ3) is 6.26. The third-order valence-corrected chi connectivity index (χ3v) is 10.9. The van der Waals surface area contributed by atoms with Crippen molar-refractivity contribution in [3.63, 3.8) is 0 Å². The summed E-state index contributed by atoms with van der Waals surface area (Å²) < 4.78 is 0. The van der Waals surface area contributed by atoms with Crippen LogP contribution in [0.3, 0.4) is 0 Å². The lowest BCUT2D eigenvalue weighted by Gasteiger charge is -2.27. The first-order valence-corrected chi connectivity index (χ1v) is 18.6. The van der Waals surface area contributed by atoms with E-state index in [1.54, 1.807) is 0 Å². The number of hydrogen-bond donors (Lipinski definition) is 0. The quantitative estimate of drug-likeness (QED) is 0.154. The van der Waals surface area contributed by atoms with E-state index in [0.29, 0.717) is 5.92 Å². The van der Waals surface area contributed by atoms with Crippen LogP contribution in [-0.4, -0.2) is 0 Å². The Kier molecular flexibility index (Phi) is 8.54. The second kappa shape index (κ2) is 13.9. The molecule has 0 spiro atoms. The number of hydrogen-bond acceptors (Lipinski definition) is 1. The fraction of sp³-hybridized carbons (Fsp3) is 0.0769. The number of fused-ring (bicyclic) bond motifs is 3. The molecule has 0 saturated carbocycles. The Bertz CT molecular complexity index is 2400. The van der Waals surface area contributed by atoms with Gasteiger partial charge in [-0.2, -0.15) is 0 Å². The summed E-state index contributed by atoms with van der Waals surface area (Å²) >= 11 is 0. The Balaban J connectivity index is 1.04. The average molecular weight is 680 g/mol. The third-order valence-electron chi connectivity index (χ3n) is 10.9. The van der Waals surface area contributed by atoms with Gasteiger partial charge < -0.3 is 4.90 Å². The summed E-state index contributed by atoms with van der Waals surface area (Å²) in [5.74, 6) is 0.378. The molecule has 0 N–H and O–H groups in total. The molecule has 0 atom stereocenters. The molecule has 9 rings (SSSR count). The van der Waals surface area contributed by atoms with E-state index in [0.717, 1.165) is 23.5 Å². The van der Waals surface area contributed by atoms with Crippen LogP contribution in [0.15, 0.2) is 194 Å². The Hall–Kier alpha value is -6.44. The first-order chi connectivity index (χ1) is 26.1. The van der Waals surface area contributed by atoms with Crippen LogP contribution in [-0.2, 0) is 6.42 Å². The maximum Gasteiger partial charge on any atom is 0.0464 e. The van der Waals surface area contributed by atoms with Gasteiger partial charge in [0.05, 0.1) is 0 Å². The van der Waals surface area contributed by atoms with Gasteiger partial charge in [-0.3, -0.25) is 0 Å². The van der Waals surface area contributed by atoms with E-state index >= 15 is 0 Å². The first kappa shape index (κ1) is 32.5. The molecule has 0 aromatic heterocycles. The Morgan fingerprint density at radius 1 is 0.358 bits per heavy atom. The minimum atomic E-state index is 0.378. The van der Waals surface area contributed by atoms with Gasteiger partial charge in [0.2, 0.25) is 0 Å². The van der Waals surface area contributed by atoms with Crippen molar-refractivity contribution in [1.82, 2.24) is 0 Å². The largest absolute Gasteiger partial charge is 0.310 e. The zero-order valence-corrected chi connectivity index (χ0v) is 30.2. The lowest BCUT2D eigenvalue weighted by Crippen LogP contribution is -2.10. The SMILES string of the molecule is Cc1cc(CC2c3ccccc3-c3ccccc32)ccc1-c1ccc(N(c2ccc(-c3ccccc3)cc2)c2ccc(-c3ccccc3)cc2)cc1C. The van der Waals surface area contributed by atoms with Crippen molar-refractivity contribution in [2.24, 2.45) is 0 Å². The molecule has 0 saturated heterocycles. The number of benzene rings is 8. The standard InChI is InChI=1S/C52H41N/c1-36-33-38(35-52-50-19-11-9-17-48(50)49-18-10-12-20-51(49)52)21-31-46(36)47-32-30-45(34-37(47)2)53(43-26-22-41(23-27-43)39-13-5-3-6-14-39)44-28-24-42(25-29-44)40-15-7-4-8-16-40/h3-34,52H,35H2,1-2H3. The second-order valence-corrected chi connectivity index (χ2v) is 14.2. The van der Waals surface area contributed by atoms with Gasteiger partial charge in [-0.15, -0.1) is 0 Å². The average Bonchev–Trinajstić information content (AvgIpc) is 3.53. The van der Waals surface area contributed by atoms with Crippen molar-refractivity contribution in [3.05, 3.63) is 222 Å². The van der Waals surface area contributed by atoms with Crippen molar-refractivity contribution >= 4 is 17.1 Å². The van der Waals surface area contributed by atoms with Crippen molar-refractivity contribution in [2.75, 3.05) is 4.90 Å². The van der Waals surface area contributed by atoms with E-state index < -0.39 is 0 Å². The maximum absolute atomic E-state index is 2.40. The minimum Gasteiger partial charge on any atom is -0.310 e. The summed E-state index contributed by atoms with van der Waals surface area (Å²) in [4.78, 5) is 2.37. The second-order valence-electron chi connectivity index (χ2n) is 14.2. The molecule has 1 aliphatic rings. The Morgan fingerprint density at radius 3 is 1.26 bits per heavy atom. The highest BCUT2D eigenvalue weighted by molar-refractivity contribution is 5.83. The molecule has 0 aliphatic heterocycles. The molecule has 53 heavy (non-hydrogen) atoms. The molecule has 8 aromatic carbocycles. The molecule has 0 radical (unpaired) electrons. The molecule has 1 aliphatic carbocycles. The highest BCUT2D eigenvalue weighted by Crippen LogP contribution is 2.46. The Labute approximate surface area is 313 Å². The zero-order chi connectivity index (χ0) is 35.7. The molecular weight excluding hydrogens is 639 g/mol. The molecule has 0 amide bonds. The summed E-state index contributed by atoms with van der Waals surface area (Å²) in [6.45, 7) is 4.51. The van der Waals surface area contributed by atoms with Crippen LogP contribution in [0.25, 0.3) is 44.5 Å². The number of aryl methyl sites for hydroxylation is 2. The lowest BCUT2D eigenvalue weighted by molar-refractivity contribution is 0.826. The molecule has 254 valence electrons. The molecule has 0 unspecified atom stereocenters. The van der Waals surface area contributed by atoms with Crippen molar-refractivity contribution < 1.29 is 0 Å². The first-order valence-electron chi connectivity index (χ1n) is 18.6. The molecule has 0 fully saturated rings. The van der Waals surface area contributed by atoms with E-state index in [2.05, 4.69) is 213 Å². The molecule has 1 nitrogen and oxygen atoms in total. The topological polar surface area (TPSA) is 3.24 Å². The Morgan fingerprint density at radius 2 is 0.774 bits per heavy atom. The van der Waals surface area contributed by atoms with Gasteiger partial charge in [-0.25, -0.2) is 0 Å². The maximum atomic E-state index is 2.40. The van der Waals surface area contributed by atoms with Crippen molar-refractivity contribution in [3.8, 4) is 44.5 Å². The highest BCUT2D eigenvalue weighted by Gasteiger charge is 2.28. The van der Waals surface area contributed by atoms with E-state index in [9.17, 15) is 0 Å². The van der Waals surface area contributed by atoms with Crippen LogP contribution in [0.1, 0.15) is 33.7 Å². The molecular formula is C52H41N. The summed E-state index contributed by atoms with van der Waals surface area (Å²) in [5, 5.41) is 0. The smallest absolute Gasteiger partial charge is 0.0464 e. The van der Waals surface area contributed by atoms with Crippen LogP contribution in [0.4, 0.5) is 17.1 Å². The van der Waals surface area contributed by atoms with Gasteiger partial charge in [-0.1, -0.05) is 158 Å². The summed E-state index contributed by atoms with van der Waals surface area (Å²) in [5.41, 5.74) is 20.4. The van der Waals surface area contributed by atoms with Gasteiger partial charge in [0.1, 0.15) is 0 Å². The highest BCUT2D eigenvalue weighted by atomic mass is 15.1. The number of nitrogens with zero attached hydrogens (tertiary/aromatic N) is 1. The van der Waals surface area contributed by atoms with Gasteiger partial charge in [-0.05, 0) is 129 Å². The van der Waals surface area contributed by atoms with E-state index in [1.807, 2.05) is 0 Å². The van der Waals surface area contributed by atoms with Gasteiger partial charge in [0.25, 0.3) is 0 Å². The monoisotopic (exact) mass is 679 g/mol. The lowest BCUT2D eigenvalue weighted by atomic mass is 9.88. The summed E-state index contributed by atoms with van der Waals surface area (Å²) in [6, 6.07) is 70.9. The van der Waals surface area contributed by atoms with Gasteiger partial charge >= 0.3 is 0 Å². The molecule has 0 heterocycles. The summed E-state index contributed by atoms with van der Waals surface area (Å²) in [7, 11) is 0. The zero-order valence-electron chi connectivity index (χ0n) is 30.2. The van der Waals surface area contributed by atoms with Crippen LogP contribution in [0, 0.1) is 13.8 Å². The fourth-order valence-electron chi connectivity index (χ4n) is 8.27. The van der Waals surface area contributed by atoms with E-state index in [4.69, 9.17) is 0 Å². The van der Waals surface area contributed by atoms with Crippen LogP contribution >= 0.6 is 0 Å². The van der Waals surface area contributed by atoms with E-state index in [1.165, 1.54) is 72.3 Å². The summed E-state index contributed by atoms with van der Waals surface area (Å²) in [6.07, 6.45) is 0.994.